The normalized spacial score (nSPS) is 54.8. The Morgan fingerprint density at radius 2 is 1.87 bits per heavy atom. The molecule has 0 N–H and O–H groups in total. The van der Waals surface area contributed by atoms with Gasteiger partial charge in [0.2, 0.25) is 0 Å². The second kappa shape index (κ2) is 4.71. The molecular formula is C21H30O2. The smallest absolute Gasteiger partial charge is 0.136 e. The summed E-state index contributed by atoms with van der Waals surface area (Å²) in [7, 11) is 0. The zero-order chi connectivity index (χ0) is 15.8. The number of ketones is 1. The minimum atomic E-state index is 0.326. The number of epoxide rings is 1. The van der Waals surface area contributed by atoms with Crippen molar-refractivity contribution in [3.63, 3.8) is 0 Å². The molecule has 0 spiro atoms. The minimum absolute atomic E-state index is 0.326. The van der Waals surface area contributed by atoms with Gasteiger partial charge in [-0.15, -0.1) is 0 Å². The van der Waals surface area contributed by atoms with E-state index in [0.29, 0.717) is 22.7 Å². The summed E-state index contributed by atoms with van der Waals surface area (Å²) in [5.41, 5.74) is 2.35. The summed E-state index contributed by atoms with van der Waals surface area (Å²) >= 11 is 0. The van der Waals surface area contributed by atoms with Crippen LogP contribution in [-0.2, 0) is 9.53 Å². The molecule has 3 saturated carbocycles. The maximum atomic E-state index is 11.9. The third-order valence-corrected chi connectivity index (χ3v) is 8.82. The molecule has 0 aromatic carbocycles. The molecule has 1 saturated heterocycles. The van der Waals surface area contributed by atoms with E-state index in [2.05, 4.69) is 19.9 Å². The predicted molar refractivity (Wildman–Crippen MR) is 89.9 cm³/mol. The molecule has 1 aliphatic heterocycles. The first-order valence-electron chi connectivity index (χ1n) is 9.85. The first-order chi connectivity index (χ1) is 11.0. The number of carbonyl (C=O) groups excluding carboxylic acids is 1. The molecular weight excluding hydrogens is 284 g/mol. The summed E-state index contributed by atoms with van der Waals surface area (Å²) < 4.78 is 5.71. The van der Waals surface area contributed by atoms with E-state index >= 15 is 0 Å². The number of allylic oxidation sites excluding steroid dienone is 2. The average Bonchev–Trinajstić information content (AvgIpc) is 3.29. The Morgan fingerprint density at radius 3 is 2.65 bits per heavy atom. The quantitative estimate of drug-likeness (QED) is 0.525. The van der Waals surface area contributed by atoms with Gasteiger partial charge in [0.05, 0.1) is 12.7 Å². The van der Waals surface area contributed by atoms with E-state index in [9.17, 15) is 4.79 Å². The Kier molecular flexibility index (Phi) is 3.01. The van der Waals surface area contributed by atoms with Crippen molar-refractivity contribution >= 4 is 5.78 Å². The maximum Gasteiger partial charge on any atom is 0.136 e. The zero-order valence-electron chi connectivity index (χ0n) is 14.6. The topological polar surface area (TPSA) is 29.6 Å². The molecule has 4 aliphatic carbocycles. The molecule has 0 bridgehead atoms. The molecule has 0 amide bonds. The van der Waals surface area contributed by atoms with Crippen LogP contribution in [0, 0.1) is 34.5 Å². The van der Waals surface area contributed by atoms with Crippen LogP contribution in [0.25, 0.3) is 0 Å². The molecule has 5 rings (SSSR count). The van der Waals surface area contributed by atoms with Crippen LogP contribution in [-0.4, -0.2) is 18.5 Å². The van der Waals surface area contributed by atoms with Crippen molar-refractivity contribution in [3.8, 4) is 0 Å². The van der Waals surface area contributed by atoms with Crippen LogP contribution in [0.15, 0.2) is 11.6 Å². The summed E-state index contributed by atoms with van der Waals surface area (Å²) in [5.74, 6) is 3.87. The van der Waals surface area contributed by atoms with Gasteiger partial charge in [0, 0.05) is 12.8 Å². The van der Waals surface area contributed by atoms with Gasteiger partial charge in [-0.25, -0.2) is 0 Å². The number of rotatable bonds is 1. The third-order valence-electron chi connectivity index (χ3n) is 8.82. The lowest BCUT2D eigenvalue weighted by molar-refractivity contribution is -0.122. The molecule has 7 unspecified atom stereocenters. The van der Waals surface area contributed by atoms with Gasteiger partial charge >= 0.3 is 0 Å². The number of ether oxygens (including phenoxy) is 1. The monoisotopic (exact) mass is 314 g/mol. The van der Waals surface area contributed by atoms with Crippen molar-refractivity contribution in [2.75, 3.05) is 6.61 Å². The second-order valence-corrected chi connectivity index (χ2v) is 9.57. The van der Waals surface area contributed by atoms with Crippen LogP contribution < -0.4 is 0 Å². The van der Waals surface area contributed by atoms with E-state index in [1.165, 1.54) is 37.7 Å². The van der Waals surface area contributed by atoms with Crippen LogP contribution in [0.1, 0.15) is 65.2 Å². The van der Waals surface area contributed by atoms with Crippen molar-refractivity contribution in [1.82, 2.24) is 0 Å². The van der Waals surface area contributed by atoms with Gasteiger partial charge < -0.3 is 4.74 Å². The Balaban J connectivity index is 1.48. The third kappa shape index (κ3) is 1.94. The number of hydrogen-bond acceptors (Lipinski definition) is 2. The lowest BCUT2D eigenvalue weighted by Gasteiger charge is -2.57. The molecule has 5 aliphatic rings. The van der Waals surface area contributed by atoms with Gasteiger partial charge in [0.1, 0.15) is 5.78 Å². The van der Waals surface area contributed by atoms with Crippen LogP contribution in [0.4, 0.5) is 0 Å². The summed E-state index contributed by atoms with van der Waals surface area (Å²) in [6.45, 7) is 6.09. The fraction of sp³-hybridized carbons (Fsp3) is 0.857. The van der Waals surface area contributed by atoms with E-state index in [-0.39, 0.29) is 0 Å². The van der Waals surface area contributed by atoms with Gasteiger partial charge in [-0.2, -0.15) is 0 Å². The fourth-order valence-electron chi connectivity index (χ4n) is 7.42. The molecule has 23 heavy (non-hydrogen) atoms. The molecule has 126 valence electrons. The van der Waals surface area contributed by atoms with Gasteiger partial charge in [-0.1, -0.05) is 25.5 Å². The second-order valence-electron chi connectivity index (χ2n) is 9.57. The molecule has 7 atom stereocenters. The Morgan fingerprint density at radius 1 is 1.09 bits per heavy atom. The largest absolute Gasteiger partial charge is 0.373 e. The summed E-state index contributed by atoms with van der Waals surface area (Å²) in [6.07, 6.45) is 12.6. The molecule has 0 aromatic heterocycles. The number of hydrogen-bond donors (Lipinski definition) is 0. The maximum absolute atomic E-state index is 11.9. The Hall–Kier alpha value is -0.630. The predicted octanol–water partition coefficient (Wildman–Crippen LogP) is 4.53. The highest BCUT2D eigenvalue weighted by Gasteiger charge is 2.61. The molecule has 0 aromatic rings. The van der Waals surface area contributed by atoms with Crippen molar-refractivity contribution in [3.05, 3.63) is 11.6 Å². The van der Waals surface area contributed by atoms with Crippen LogP contribution >= 0.6 is 0 Å². The highest BCUT2D eigenvalue weighted by molar-refractivity contribution is 5.82. The lowest BCUT2D eigenvalue weighted by Crippen LogP contribution is -2.50. The Bertz CT molecular complexity index is 574. The fourth-order valence-corrected chi connectivity index (χ4v) is 7.42. The first-order valence-corrected chi connectivity index (χ1v) is 9.85. The van der Waals surface area contributed by atoms with E-state index in [0.717, 1.165) is 49.5 Å². The van der Waals surface area contributed by atoms with Crippen molar-refractivity contribution in [2.24, 2.45) is 34.5 Å². The van der Waals surface area contributed by atoms with Gasteiger partial charge in [0.15, 0.2) is 0 Å². The van der Waals surface area contributed by atoms with Crippen molar-refractivity contribution in [2.45, 2.75) is 71.3 Å². The first kappa shape index (κ1) is 14.7. The standard InChI is InChI=1S/C21H30O2/c1-20-9-7-14(22)11-13(20)3-4-15-16-5-6-18(19-12-23-19)21(16,2)10-8-17(15)20/h3,15-19H,4-12H2,1-2H3. The highest BCUT2D eigenvalue weighted by atomic mass is 16.6. The lowest BCUT2D eigenvalue weighted by atomic mass is 9.47. The Labute approximate surface area is 140 Å². The van der Waals surface area contributed by atoms with Gasteiger partial charge in [-0.3, -0.25) is 4.79 Å². The van der Waals surface area contributed by atoms with Crippen LogP contribution in [0.3, 0.4) is 0 Å². The molecule has 2 nitrogen and oxygen atoms in total. The van der Waals surface area contributed by atoms with Gasteiger partial charge in [-0.05, 0) is 73.0 Å². The molecule has 0 radical (unpaired) electrons. The summed E-state index contributed by atoms with van der Waals surface area (Å²) in [5, 5.41) is 0. The van der Waals surface area contributed by atoms with E-state index in [1.54, 1.807) is 0 Å². The minimum Gasteiger partial charge on any atom is -0.373 e. The van der Waals surface area contributed by atoms with E-state index in [1.807, 2.05) is 0 Å². The molecule has 2 heteroatoms. The number of fused-ring (bicyclic) bond motifs is 5. The number of Topliss-reactive ketones (excluding diaryl/α,β-unsaturated/α-hetero) is 1. The summed E-state index contributed by atoms with van der Waals surface area (Å²) in [6, 6.07) is 0. The average molecular weight is 314 g/mol. The highest BCUT2D eigenvalue weighted by Crippen LogP contribution is 2.67. The van der Waals surface area contributed by atoms with Crippen molar-refractivity contribution < 1.29 is 9.53 Å². The van der Waals surface area contributed by atoms with Crippen molar-refractivity contribution in [1.29, 1.82) is 0 Å². The van der Waals surface area contributed by atoms with Crippen LogP contribution in [0.5, 0.6) is 0 Å². The van der Waals surface area contributed by atoms with E-state index in [4.69, 9.17) is 4.74 Å². The number of carbonyl (C=O) groups is 1. The SMILES string of the molecule is CC12CCC(=O)CC1=CCC1C2CCC2(C)C(C3CO3)CCC12. The van der Waals surface area contributed by atoms with Crippen LogP contribution in [0.2, 0.25) is 0 Å². The summed E-state index contributed by atoms with van der Waals surface area (Å²) in [4.78, 5) is 11.9. The van der Waals surface area contributed by atoms with E-state index < -0.39 is 0 Å². The molecule has 4 fully saturated rings. The molecule has 1 heterocycles. The zero-order valence-corrected chi connectivity index (χ0v) is 14.6. The van der Waals surface area contributed by atoms with Gasteiger partial charge in [0.25, 0.3) is 0 Å².